The summed E-state index contributed by atoms with van der Waals surface area (Å²) >= 11 is 0. The van der Waals surface area contributed by atoms with Crippen molar-refractivity contribution in [3.05, 3.63) is 108 Å². The summed E-state index contributed by atoms with van der Waals surface area (Å²) in [6.07, 6.45) is -1.000. The van der Waals surface area contributed by atoms with E-state index in [4.69, 9.17) is 4.74 Å². The third kappa shape index (κ3) is 11.0. The molecule has 0 radical (unpaired) electrons. The molecule has 9 nitrogen and oxygen atoms in total. The van der Waals surface area contributed by atoms with Gasteiger partial charge in [-0.2, -0.15) is 0 Å². The summed E-state index contributed by atoms with van der Waals surface area (Å²) in [5.74, 6) is -1.51. The van der Waals surface area contributed by atoms with E-state index in [1.54, 1.807) is 20.8 Å². The Morgan fingerprint density at radius 1 is 0.809 bits per heavy atom. The van der Waals surface area contributed by atoms with Crippen molar-refractivity contribution >= 4 is 28.8 Å². The zero-order valence-corrected chi connectivity index (χ0v) is 28.0. The number of carbonyl (C=O) groups excluding carboxylic acids is 3. The Labute approximate surface area is 277 Å². The Kier molecular flexibility index (Phi) is 12.2. The van der Waals surface area contributed by atoms with Crippen molar-refractivity contribution in [2.45, 2.75) is 84.2 Å². The van der Waals surface area contributed by atoms with Gasteiger partial charge in [0, 0.05) is 17.1 Å². The number of H-pyrrole nitrogens is 1. The van der Waals surface area contributed by atoms with Crippen LogP contribution in [0.2, 0.25) is 0 Å². The smallest absolute Gasteiger partial charge is 0.407 e. The van der Waals surface area contributed by atoms with Crippen molar-refractivity contribution in [2.24, 2.45) is 11.8 Å². The van der Waals surface area contributed by atoms with Gasteiger partial charge in [0.25, 0.3) is 0 Å². The summed E-state index contributed by atoms with van der Waals surface area (Å²) < 4.78 is 5.49. The minimum absolute atomic E-state index is 0.0511. The molecule has 47 heavy (non-hydrogen) atoms. The maximum atomic E-state index is 14.0. The molecule has 4 aromatic rings. The molecule has 9 heteroatoms. The third-order valence-electron chi connectivity index (χ3n) is 7.97. The van der Waals surface area contributed by atoms with E-state index in [1.165, 1.54) is 0 Å². The molecule has 0 aliphatic heterocycles. The minimum atomic E-state index is -1.09. The fourth-order valence-corrected chi connectivity index (χ4v) is 5.57. The second-order valence-electron chi connectivity index (χ2n) is 13.5. The summed E-state index contributed by atoms with van der Waals surface area (Å²) in [6.45, 7) is 9.38. The van der Waals surface area contributed by atoms with Crippen LogP contribution in [0.3, 0.4) is 0 Å². The number of fused-ring (bicyclic) bond motifs is 1. The molecular formula is C38H48N4O5. The number of alkyl carbamates (subject to hydrolysis) is 1. The van der Waals surface area contributed by atoms with Gasteiger partial charge in [0.15, 0.2) is 0 Å². The number of hydrogen-bond acceptors (Lipinski definition) is 5. The van der Waals surface area contributed by atoms with Crippen LogP contribution in [0.15, 0.2) is 91.0 Å². The molecule has 0 saturated heterocycles. The van der Waals surface area contributed by atoms with E-state index in [0.29, 0.717) is 12.8 Å². The van der Waals surface area contributed by atoms with Crippen molar-refractivity contribution in [3.63, 3.8) is 0 Å². The molecule has 3 amide bonds. The van der Waals surface area contributed by atoms with Crippen molar-refractivity contribution in [1.82, 2.24) is 20.9 Å². The number of ether oxygens (including phenoxy) is 1. The average molecular weight is 641 g/mol. The van der Waals surface area contributed by atoms with Crippen LogP contribution < -0.4 is 16.0 Å². The van der Waals surface area contributed by atoms with Gasteiger partial charge in [-0.05, 0) is 74.6 Å². The van der Waals surface area contributed by atoms with Crippen LogP contribution in [0.4, 0.5) is 4.79 Å². The molecule has 0 fully saturated rings. The minimum Gasteiger partial charge on any atom is -0.444 e. The number of para-hydroxylation sites is 1. The van der Waals surface area contributed by atoms with Crippen molar-refractivity contribution in [2.75, 3.05) is 0 Å². The highest BCUT2D eigenvalue weighted by Crippen LogP contribution is 2.21. The Morgan fingerprint density at radius 2 is 1.40 bits per heavy atom. The lowest BCUT2D eigenvalue weighted by Crippen LogP contribution is -2.52. The predicted molar refractivity (Wildman–Crippen MR) is 184 cm³/mol. The number of rotatable bonds is 14. The average Bonchev–Trinajstić information content (AvgIpc) is 3.45. The molecule has 0 unspecified atom stereocenters. The molecule has 4 atom stereocenters. The van der Waals surface area contributed by atoms with Crippen LogP contribution >= 0.6 is 0 Å². The Bertz CT molecular complexity index is 1560. The third-order valence-corrected chi connectivity index (χ3v) is 7.97. The molecule has 0 spiro atoms. The molecule has 1 heterocycles. The van der Waals surface area contributed by atoms with Crippen LogP contribution in [-0.4, -0.2) is 51.8 Å². The van der Waals surface area contributed by atoms with Gasteiger partial charge < -0.3 is 30.8 Å². The molecule has 5 N–H and O–H groups in total. The van der Waals surface area contributed by atoms with Gasteiger partial charge in [0.1, 0.15) is 11.6 Å². The Balaban J connectivity index is 1.50. The number of amides is 3. The summed E-state index contributed by atoms with van der Waals surface area (Å²) in [4.78, 5) is 43.5. The number of nitrogens with one attached hydrogen (secondary N) is 4. The van der Waals surface area contributed by atoms with E-state index in [2.05, 4.69) is 20.9 Å². The molecule has 3 aromatic carbocycles. The van der Waals surface area contributed by atoms with Crippen molar-refractivity contribution in [1.29, 1.82) is 0 Å². The first-order chi connectivity index (χ1) is 22.4. The van der Waals surface area contributed by atoms with Gasteiger partial charge in [-0.15, -0.1) is 0 Å². The van der Waals surface area contributed by atoms with Gasteiger partial charge in [-0.25, -0.2) is 4.79 Å². The molecular weight excluding hydrogens is 592 g/mol. The molecule has 0 saturated carbocycles. The monoisotopic (exact) mass is 640 g/mol. The predicted octanol–water partition coefficient (Wildman–Crippen LogP) is 5.67. The first-order valence-corrected chi connectivity index (χ1v) is 16.3. The summed E-state index contributed by atoms with van der Waals surface area (Å²) in [5, 5.41) is 21.4. The van der Waals surface area contributed by atoms with Gasteiger partial charge in [-0.3, -0.25) is 9.59 Å². The highest BCUT2D eigenvalue weighted by molar-refractivity contribution is 5.89. The van der Waals surface area contributed by atoms with Crippen LogP contribution in [0.1, 0.15) is 57.9 Å². The second-order valence-corrected chi connectivity index (χ2v) is 13.5. The lowest BCUT2D eigenvalue weighted by molar-refractivity contribution is -0.132. The quantitative estimate of drug-likeness (QED) is 0.121. The van der Waals surface area contributed by atoms with Crippen LogP contribution in [0.25, 0.3) is 10.9 Å². The number of carbonyl (C=O) groups is 3. The fourth-order valence-electron chi connectivity index (χ4n) is 5.57. The summed E-state index contributed by atoms with van der Waals surface area (Å²) in [6, 6.07) is 27.5. The van der Waals surface area contributed by atoms with Gasteiger partial charge in [0.2, 0.25) is 11.8 Å². The number of aliphatic hydroxyl groups is 1. The normalized spacial score (nSPS) is 14.2. The first-order valence-electron chi connectivity index (χ1n) is 16.3. The lowest BCUT2D eigenvalue weighted by Gasteiger charge is -2.30. The largest absolute Gasteiger partial charge is 0.444 e. The van der Waals surface area contributed by atoms with Crippen LogP contribution in [0.5, 0.6) is 0 Å². The molecule has 0 aliphatic rings. The second kappa shape index (κ2) is 16.3. The Morgan fingerprint density at radius 3 is 2.00 bits per heavy atom. The number of benzene rings is 3. The molecule has 1 aromatic heterocycles. The van der Waals surface area contributed by atoms with Gasteiger partial charge >= 0.3 is 6.09 Å². The highest BCUT2D eigenvalue weighted by atomic mass is 16.6. The lowest BCUT2D eigenvalue weighted by atomic mass is 9.88. The van der Waals surface area contributed by atoms with Crippen LogP contribution in [-0.2, 0) is 33.7 Å². The van der Waals surface area contributed by atoms with E-state index in [-0.39, 0.29) is 30.7 Å². The molecule has 0 bridgehead atoms. The van der Waals surface area contributed by atoms with E-state index < -0.39 is 35.8 Å². The van der Waals surface area contributed by atoms with E-state index >= 15 is 0 Å². The Hall–Kier alpha value is -4.63. The van der Waals surface area contributed by atoms with E-state index in [9.17, 15) is 19.5 Å². The number of hydrogen-bond donors (Lipinski definition) is 5. The zero-order chi connectivity index (χ0) is 34.0. The standard InChI is InChI=1S/C38H48N4O5/c1-25(2)34(36(45)39-24-30-22-28-18-12-13-19-31(28)40-30)42-35(44)29(20-26-14-8-6-9-15-26)23-33(43)32(21-27-16-10-7-11-17-27)41-37(46)47-38(3,4)5/h6-19,22,25,29,32-34,40,43H,20-21,23-24H2,1-5H3,(H,39,45)(H,41,46)(H,42,44)/t29-,32+,33+,34+/m1/s1. The van der Waals surface area contributed by atoms with Gasteiger partial charge in [-0.1, -0.05) is 92.7 Å². The number of aromatic amines is 1. The van der Waals surface area contributed by atoms with E-state index in [0.717, 1.165) is 27.7 Å². The maximum Gasteiger partial charge on any atom is 0.407 e. The van der Waals surface area contributed by atoms with Crippen molar-refractivity contribution in [3.8, 4) is 0 Å². The summed E-state index contributed by atoms with van der Waals surface area (Å²) in [7, 11) is 0. The topological polar surface area (TPSA) is 133 Å². The van der Waals surface area contributed by atoms with Crippen molar-refractivity contribution < 1.29 is 24.2 Å². The van der Waals surface area contributed by atoms with Gasteiger partial charge in [0.05, 0.1) is 18.7 Å². The van der Waals surface area contributed by atoms with Crippen LogP contribution in [0, 0.1) is 11.8 Å². The molecule has 4 rings (SSSR count). The highest BCUT2D eigenvalue weighted by Gasteiger charge is 2.32. The maximum absolute atomic E-state index is 14.0. The number of aromatic nitrogens is 1. The SMILES string of the molecule is CC(C)[C@H](NC(=O)[C@H](Cc1ccccc1)C[C@H](O)[C@H](Cc1ccccc1)NC(=O)OC(C)(C)C)C(=O)NCc1cc2ccccc2[nH]1. The molecule has 250 valence electrons. The zero-order valence-electron chi connectivity index (χ0n) is 28.0. The molecule has 0 aliphatic carbocycles. The first kappa shape index (κ1) is 35.2. The van der Waals surface area contributed by atoms with E-state index in [1.807, 2.05) is 105 Å². The number of aliphatic hydroxyl groups excluding tert-OH is 1. The summed E-state index contributed by atoms with van der Waals surface area (Å²) in [5.41, 5.74) is 2.97. The fraction of sp³-hybridized carbons (Fsp3) is 0.395.